The SMILES string of the molecule is CCC(CC1CC1)NC(=O)C1(N)CCOC1. The van der Waals surface area contributed by atoms with Crippen molar-refractivity contribution in [3.05, 3.63) is 0 Å². The van der Waals surface area contributed by atoms with Gasteiger partial charge in [-0.15, -0.1) is 0 Å². The van der Waals surface area contributed by atoms with E-state index in [4.69, 9.17) is 10.5 Å². The zero-order valence-corrected chi connectivity index (χ0v) is 10.00. The van der Waals surface area contributed by atoms with Crippen LogP contribution < -0.4 is 11.1 Å². The number of amides is 1. The van der Waals surface area contributed by atoms with Gasteiger partial charge in [0.25, 0.3) is 0 Å². The molecule has 4 nitrogen and oxygen atoms in total. The van der Waals surface area contributed by atoms with Crippen molar-refractivity contribution in [2.45, 2.75) is 50.6 Å². The summed E-state index contributed by atoms with van der Waals surface area (Å²) in [7, 11) is 0. The number of carbonyl (C=O) groups excluding carboxylic acids is 1. The van der Waals surface area contributed by atoms with Gasteiger partial charge in [0.1, 0.15) is 5.54 Å². The highest BCUT2D eigenvalue weighted by Gasteiger charge is 2.39. The molecular formula is C12H22N2O2. The monoisotopic (exact) mass is 226 g/mol. The molecule has 16 heavy (non-hydrogen) atoms. The number of rotatable bonds is 5. The van der Waals surface area contributed by atoms with Crippen molar-refractivity contribution in [1.29, 1.82) is 0 Å². The highest BCUT2D eigenvalue weighted by Crippen LogP contribution is 2.34. The van der Waals surface area contributed by atoms with Crippen molar-refractivity contribution in [1.82, 2.24) is 5.32 Å². The van der Waals surface area contributed by atoms with Crippen LogP contribution in [0.5, 0.6) is 0 Å². The summed E-state index contributed by atoms with van der Waals surface area (Å²) in [5.41, 5.74) is 5.23. The molecule has 1 heterocycles. The number of nitrogens with one attached hydrogen (secondary N) is 1. The first-order valence-corrected chi connectivity index (χ1v) is 6.31. The molecule has 2 unspecified atom stereocenters. The van der Waals surface area contributed by atoms with E-state index in [1.165, 1.54) is 12.8 Å². The lowest BCUT2D eigenvalue weighted by Gasteiger charge is -2.25. The molecule has 0 aromatic heterocycles. The third-order valence-corrected chi connectivity index (χ3v) is 3.65. The Kier molecular flexibility index (Phi) is 3.50. The molecule has 2 fully saturated rings. The fourth-order valence-corrected chi connectivity index (χ4v) is 2.17. The van der Waals surface area contributed by atoms with Gasteiger partial charge in [0.05, 0.1) is 6.61 Å². The van der Waals surface area contributed by atoms with Crippen LogP contribution in [-0.4, -0.2) is 30.7 Å². The van der Waals surface area contributed by atoms with Gasteiger partial charge in [0.15, 0.2) is 0 Å². The van der Waals surface area contributed by atoms with Crippen molar-refractivity contribution in [2.24, 2.45) is 11.7 Å². The van der Waals surface area contributed by atoms with Gasteiger partial charge in [-0.1, -0.05) is 19.8 Å². The van der Waals surface area contributed by atoms with Crippen LogP contribution in [0.25, 0.3) is 0 Å². The number of hydrogen-bond acceptors (Lipinski definition) is 3. The summed E-state index contributed by atoms with van der Waals surface area (Å²) in [5, 5.41) is 3.08. The quantitative estimate of drug-likeness (QED) is 0.728. The Balaban J connectivity index is 1.83. The number of hydrogen-bond donors (Lipinski definition) is 2. The lowest BCUT2D eigenvalue weighted by Crippen LogP contribution is -2.56. The van der Waals surface area contributed by atoms with Gasteiger partial charge in [-0.05, 0) is 25.2 Å². The molecule has 0 aromatic carbocycles. The van der Waals surface area contributed by atoms with E-state index in [1.807, 2.05) is 0 Å². The molecule has 1 saturated carbocycles. The second kappa shape index (κ2) is 4.72. The molecule has 1 aliphatic carbocycles. The predicted octanol–water partition coefficient (Wildman–Crippen LogP) is 0.799. The molecule has 0 bridgehead atoms. The molecule has 1 amide bonds. The van der Waals surface area contributed by atoms with E-state index in [0.29, 0.717) is 25.7 Å². The summed E-state index contributed by atoms with van der Waals surface area (Å²) in [4.78, 5) is 12.0. The summed E-state index contributed by atoms with van der Waals surface area (Å²) in [5.74, 6) is 0.802. The van der Waals surface area contributed by atoms with Crippen LogP contribution in [0.2, 0.25) is 0 Å². The van der Waals surface area contributed by atoms with Gasteiger partial charge in [-0.2, -0.15) is 0 Å². The molecule has 0 spiro atoms. The molecule has 0 aromatic rings. The zero-order valence-electron chi connectivity index (χ0n) is 10.00. The standard InChI is InChI=1S/C12H22N2O2/c1-2-10(7-9-3-4-9)14-11(15)12(13)5-6-16-8-12/h9-10H,2-8,13H2,1H3,(H,14,15). The fraction of sp³-hybridized carbons (Fsp3) is 0.917. The van der Waals surface area contributed by atoms with Gasteiger partial charge in [-0.3, -0.25) is 4.79 Å². The predicted molar refractivity (Wildman–Crippen MR) is 61.9 cm³/mol. The Morgan fingerprint density at radius 2 is 2.38 bits per heavy atom. The van der Waals surface area contributed by atoms with Crippen LogP contribution in [0.1, 0.15) is 39.0 Å². The van der Waals surface area contributed by atoms with Gasteiger partial charge < -0.3 is 15.8 Å². The van der Waals surface area contributed by atoms with Crippen molar-refractivity contribution in [2.75, 3.05) is 13.2 Å². The molecular weight excluding hydrogens is 204 g/mol. The Bertz CT molecular complexity index is 258. The minimum Gasteiger partial charge on any atom is -0.379 e. The van der Waals surface area contributed by atoms with Crippen molar-refractivity contribution < 1.29 is 9.53 Å². The highest BCUT2D eigenvalue weighted by molar-refractivity contribution is 5.86. The van der Waals surface area contributed by atoms with Crippen LogP contribution in [0.4, 0.5) is 0 Å². The topological polar surface area (TPSA) is 64.4 Å². The maximum Gasteiger partial charge on any atom is 0.242 e. The molecule has 3 N–H and O–H groups in total. The lowest BCUT2D eigenvalue weighted by molar-refractivity contribution is -0.127. The molecule has 2 aliphatic rings. The average molecular weight is 226 g/mol. The minimum atomic E-state index is -0.781. The second-order valence-corrected chi connectivity index (χ2v) is 5.22. The summed E-state index contributed by atoms with van der Waals surface area (Å²) >= 11 is 0. The maximum absolute atomic E-state index is 12.0. The first kappa shape index (κ1) is 11.9. The first-order valence-electron chi connectivity index (χ1n) is 6.31. The van der Waals surface area contributed by atoms with E-state index >= 15 is 0 Å². The van der Waals surface area contributed by atoms with Gasteiger partial charge in [0, 0.05) is 12.6 Å². The lowest BCUT2D eigenvalue weighted by atomic mass is 9.97. The molecule has 2 atom stereocenters. The second-order valence-electron chi connectivity index (χ2n) is 5.22. The fourth-order valence-electron chi connectivity index (χ4n) is 2.17. The average Bonchev–Trinajstić information content (AvgIpc) is 2.97. The summed E-state index contributed by atoms with van der Waals surface area (Å²) in [6.45, 7) is 3.07. The minimum absolute atomic E-state index is 0.0301. The van der Waals surface area contributed by atoms with Crippen LogP contribution in [0.15, 0.2) is 0 Å². The van der Waals surface area contributed by atoms with Crippen molar-refractivity contribution >= 4 is 5.91 Å². The van der Waals surface area contributed by atoms with Crippen molar-refractivity contribution in [3.8, 4) is 0 Å². The molecule has 4 heteroatoms. The largest absolute Gasteiger partial charge is 0.379 e. The summed E-state index contributed by atoms with van der Waals surface area (Å²) < 4.78 is 5.20. The third-order valence-electron chi connectivity index (χ3n) is 3.65. The molecule has 92 valence electrons. The van der Waals surface area contributed by atoms with E-state index in [9.17, 15) is 4.79 Å². The Labute approximate surface area is 96.9 Å². The van der Waals surface area contributed by atoms with Gasteiger partial charge in [-0.25, -0.2) is 0 Å². The van der Waals surface area contributed by atoms with Gasteiger partial charge in [0.2, 0.25) is 5.91 Å². The van der Waals surface area contributed by atoms with Gasteiger partial charge >= 0.3 is 0 Å². The number of ether oxygens (including phenoxy) is 1. The Hall–Kier alpha value is -0.610. The molecule has 0 radical (unpaired) electrons. The Morgan fingerprint density at radius 1 is 1.62 bits per heavy atom. The molecule has 1 aliphatic heterocycles. The molecule has 1 saturated heterocycles. The van der Waals surface area contributed by atoms with E-state index < -0.39 is 5.54 Å². The summed E-state index contributed by atoms with van der Waals surface area (Å²) in [6.07, 6.45) is 5.38. The molecule has 2 rings (SSSR count). The van der Waals surface area contributed by atoms with E-state index in [1.54, 1.807) is 0 Å². The maximum atomic E-state index is 12.0. The number of nitrogens with two attached hydrogens (primary N) is 1. The van der Waals surface area contributed by atoms with Crippen molar-refractivity contribution in [3.63, 3.8) is 0 Å². The smallest absolute Gasteiger partial charge is 0.242 e. The van der Waals surface area contributed by atoms with E-state index in [-0.39, 0.29) is 5.91 Å². The van der Waals surface area contributed by atoms with Crippen LogP contribution in [0, 0.1) is 5.92 Å². The van der Waals surface area contributed by atoms with E-state index in [0.717, 1.165) is 18.8 Å². The Morgan fingerprint density at radius 3 is 2.88 bits per heavy atom. The van der Waals surface area contributed by atoms with E-state index in [2.05, 4.69) is 12.2 Å². The number of carbonyl (C=O) groups is 1. The zero-order chi connectivity index (χ0) is 11.6. The normalized spacial score (nSPS) is 31.4. The van der Waals surface area contributed by atoms with Crippen LogP contribution in [0.3, 0.4) is 0 Å². The highest BCUT2D eigenvalue weighted by atomic mass is 16.5. The first-order chi connectivity index (χ1) is 7.64. The summed E-state index contributed by atoms with van der Waals surface area (Å²) in [6, 6.07) is 0.293. The van der Waals surface area contributed by atoms with Crippen LogP contribution in [-0.2, 0) is 9.53 Å². The third kappa shape index (κ3) is 2.74. The van der Waals surface area contributed by atoms with Crippen LogP contribution >= 0.6 is 0 Å².